The predicted molar refractivity (Wildman–Crippen MR) is 74.4 cm³/mol. The summed E-state index contributed by atoms with van der Waals surface area (Å²) < 4.78 is 24.5. The van der Waals surface area contributed by atoms with Crippen LogP contribution in [0.5, 0.6) is 0 Å². The average molecular weight is 284 g/mol. The van der Waals surface area contributed by atoms with Gasteiger partial charge in [-0.25, -0.2) is 13.2 Å². The van der Waals surface area contributed by atoms with E-state index in [0.717, 1.165) is 0 Å². The van der Waals surface area contributed by atoms with E-state index < -0.39 is 15.8 Å². The Bertz CT molecular complexity index is 586. The van der Waals surface area contributed by atoms with Crippen LogP contribution in [-0.4, -0.2) is 25.2 Å². The van der Waals surface area contributed by atoms with Crippen molar-refractivity contribution in [2.24, 2.45) is 5.92 Å². The van der Waals surface area contributed by atoms with Crippen molar-refractivity contribution in [2.45, 2.75) is 39.0 Å². The van der Waals surface area contributed by atoms with E-state index in [1.165, 1.54) is 6.07 Å². The van der Waals surface area contributed by atoms with Gasteiger partial charge >= 0.3 is 5.97 Å². The van der Waals surface area contributed by atoms with Crippen molar-refractivity contribution in [1.29, 1.82) is 0 Å². The van der Waals surface area contributed by atoms with Gasteiger partial charge in [-0.1, -0.05) is 19.9 Å². The largest absolute Gasteiger partial charge is 0.478 e. The third-order valence-corrected chi connectivity index (χ3v) is 4.93. The number of hydrogen-bond donors (Lipinski definition) is 1. The molecule has 1 rings (SSSR count). The van der Waals surface area contributed by atoms with E-state index in [-0.39, 0.29) is 16.2 Å². The number of carboxylic acid groups (broad SMARTS) is 1. The molecule has 0 aliphatic heterocycles. The first-order valence-electron chi connectivity index (χ1n) is 6.22. The summed E-state index contributed by atoms with van der Waals surface area (Å²) in [5.41, 5.74) is 1.23. The molecule has 0 saturated heterocycles. The molecule has 0 amide bonds. The molecule has 1 aromatic carbocycles. The number of aryl methyl sites for hydroxylation is 2. The monoisotopic (exact) mass is 284 g/mol. The lowest BCUT2D eigenvalue weighted by atomic mass is 10.1. The molecule has 4 nitrogen and oxygen atoms in total. The van der Waals surface area contributed by atoms with Crippen LogP contribution in [0.4, 0.5) is 0 Å². The standard InChI is InChI=1S/C14H20O4S/c1-9(2)5-6-19(17,18)13-8-12(14(15)16)10(3)7-11(13)4/h7-9H,5-6H2,1-4H3,(H,15,16). The van der Waals surface area contributed by atoms with Crippen molar-refractivity contribution < 1.29 is 18.3 Å². The molecular formula is C14H20O4S. The summed E-state index contributed by atoms with van der Waals surface area (Å²) in [6.07, 6.45) is 0.568. The van der Waals surface area contributed by atoms with Gasteiger partial charge in [0.2, 0.25) is 0 Å². The van der Waals surface area contributed by atoms with Gasteiger partial charge in [0.15, 0.2) is 9.84 Å². The number of benzene rings is 1. The van der Waals surface area contributed by atoms with Crippen LogP contribution in [0.3, 0.4) is 0 Å². The fourth-order valence-corrected chi connectivity index (χ4v) is 3.75. The summed E-state index contributed by atoms with van der Waals surface area (Å²) in [4.78, 5) is 11.2. The fourth-order valence-electron chi connectivity index (χ4n) is 1.90. The van der Waals surface area contributed by atoms with Gasteiger partial charge in [-0.05, 0) is 43.4 Å². The summed E-state index contributed by atoms with van der Waals surface area (Å²) in [7, 11) is -3.42. The summed E-state index contributed by atoms with van der Waals surface area (Å²) >= 11 is 0. The molecule has 0 aliphatic rings. The Hall–Kier alpha value is -1.36. The molecule has 106 valence electrons. The Morgan fingerprint density at radius 2 is 1.79 bits per heavy atom. The van der Waals surface area contributed by atoms with Crippen molar-refractivity contribution in [1.82, 2.24) is 0 Å². The maximum atomic E-state index is 12.3. The quantitative estimate of drug-likeness (QED) is 0.902. The minimum absolute atomic E-state index is 0.0492. The highest BCUT2D eigenvalue weighted by Gasteiger charge is 2.20. The van der Waals surface area contributed by atoms with E-state index in [1.807, 2.05) is 13.8 Å². The zero-order valence-corrected chi connectivity index (χ0v) is 12.5. The minimum atomic E-state index is -3.42. The van der Waals surface area contributed by atoms with Crippen molar-refractivity contribution in [3.8, 4) is 0 Å². The number of sulfone groups is 1. The molecular weight excluding hydrogens is 264 g/mol. The lowest BCUT2D eigenvalue weighted by Crippen LogP contribution is -2.12. The summed E-state index contributed by atoms with van der Waals surface area (Å²) in [6.45, 7) is 7.28. The van der Waals surface area contributed by atoms with Gasteiger partial charge in [0.05, 0.1) is 16.2 Å². The molecule has 0 saturated carbocycles. The van der Waals surface area contributed by atoms with Crippen molar-refractivity contribution in [3.05, 3.63) is 28.8 Å². The zero-order valence-electron chi connectivity index (χ0n) is 11.7. The molecule has 1 N–H and O–H groups in total. The van der Waals surface area contributed by atoms with Crippen LogP contribution >= 0.6 is 0 Å². The normalized spacial score (nSPS) is 11.8. The van der Waals surface area contributed by atoms with E-state index >= 15 is 0 Å². The molecule has 0 bridgehead atoms. The Morgan fingerprint density at radius 3 is 2.26 bits per heavy atom. The summed E-state index contributed by atoms with van der Waals surface area (Å²) in [5.74, 6) is -0.759. The molecule has 0 heterocycles. The van der Waals surface area contributed by atoms with Crippen LogP contribution in [0, 0.1) is 19.8 Å². The van der Waals surface area contributed by atoms with Crippen molar-refractivity contribution in [2.75, 3.05) is 5.75 Å². The first-order chi connectivity index (χ1) is 8.65. The van der Waals surface area contributed by atoms with Gasteiger partial charge in [0, 0.05) is 0 Å². The second-order valence-electron chi connectivity index (χ2n) is 5.24. The highest BCUT2D eigenvalue weighted by molar-refractivity contribution is 7.91. The Morgan fingerprint density at radius 1 is 1.21 bits per heavy atom. The first kappa shape index (κ1) is 15.7. The summed E-state index contributed by atoms with van der Waals surface area (Å²) in [6, 6.07) is 2.90. The molecule has 0 aromatic heterocycles. The molecule has 0 radical (unpaired) electrons. The van der Waals surface area contributed by atoms with Crippen LogP contribution in [0.2, 0.25) is 0 Å². The van der Waals surface area contributed by atoms with Crippen molar-refractivity contribution >= 4 is 15.8 Å². The second-order valence-corrected chi connectivity index (χ2v) is 7.32. The average Bonchev–Trinajstić information content (AvgIpc) is 2.25. The fraction of sp³-hybridized carbons (Fsp3) is 0.500. The van der Waals surface area contributed by atoms with Gasteiger partial charge in [-0.2, -0.15) is 0 Å². The van der Waals surface area contributed by atoms with E-state index in [9.17, 15) is 13.2 Å². The number of carboxylic acids is 1. The predicted octanol–water partition coefficient (Wildman–Crippen LogP) is 2.82. The smallest absolute Gasteiger partial charge is 0.335 e. The second kappa shape index (κ2) is 5.74. The number of hydrogen-bond acceptors (Lipinski definition) is 3. The van der Waals surface area contributed by atoms with Crippen LogP contribution in [0.1, 0.15) is 41.8 Å². The van der Waals surface area contributed by atoms with Crippen LogP contribution in [0.15, 0.2) is 17.0 Å². The molecule has 0 aliphatic carbocycles. The van der Waals surface area contributed by atoms with Gasteiger partial charge in [0.25, 0.3) is 0 Å². The first-order valence-corrected chi connectivity index (χ1v) is 7.87. The van der Waals surface area contributed by atoms with E-state index in [4.69, 9.17) is 5.11 Å². The third-order valence-electron chi connectivity index (χ3n) is 3.05. The highest BCUT2D eigenvalue weighted by atomic mass is 32.2. The van der Waals surface area contributed by atoms with Gasteiger partial charge < -0.3 is 5.11 Å². The Balaban J connectivity index is 3.27. The van der Waals surface area contributed by atoms with E-state index in [0.29, 0.717) is 23.5 Å². The Kier molecular flexibility index (Phi) is 4.74. The molecule has 0 atom stereocenters. The highest BCUT2D eigenvalue weighted by Crippen LogP contribution is 2.23. The minimum Gasteiger partial charge on any atom is -0.478 e. The molecule has 0 fully saturated rings. The lowest BCUT2D eigenvalue weighted by Gasteiger charge is -2.12. The van der Waals surface area contributed by atoms with Crippen LogP contribution in [-0.2, 0) is 9.84 Å². The van der Waals surface area contributed by atoms with E-state index in [2.05, 4.69) is 0 Å². The lowest BCUT2D eigenvalue weighted by molar-refractivity contribution is 0.0696. The molecule has 0 unspecified atom stereocenters. The molecule has 5 heteroatoms. The van der Waals surface area contributed by atoms with Gasteiger partial charge in [-0.15, -0.1) is 0 Å². The zero-order chi connectivity index (χ0) is 14.8. The van der Waals surface area contributed by atoms with Gasteiger partial charge in [0.1, 0.15) is 0 Å². The maximum Gasteiger partial charge on any atom is 0.335 e. The summed E-state index contributed by atoms with van der Waals surface area (Å²) in [5, 5.41) is 9.07. The number of aromatic carboxylic acids is 1. The Labute approximate surface area is 114 Å². The SMILES string of the molecule is Cc1cc(C)c(S(=O)(=O)CCC(C)C)cc1C(=O)O. The number of carbonyl (C=O) groups is 1. The van der Waals surface area contributed by atoms with Crippen LogP contribution < -0.4 is 0 Å². The molecule has 1 aromatic rings. The third kappa shape index (κ3) is 3.80. The van der Waals surface area contributed by atoms with Gasteiger partial charge in [-0.3, -0.25) is 0 Å². The molecule has 19 heavy (non-hydrogen) atoms. The maximum absolute atomic E-state index is 12.3. The van der Waals surface area contributed by atoms with Crippen molar-refractivity contribution in [3.63, 3.8) is 0 Å². The van der Waals surface area contributed by atoms with E-state index in [1.54, 1.807) is 19.9 Å². The topological polar surface area (TPSA) is 71.4 Å². The van der Waals surface area contributed by atoms with Crippen LogP contribution in [0.25, 0.3) is 0 Å². The number of rotatable bonds is 5. The molecule has 0 spiro atoms.